The third-order valence-corrected chi connectivity index (χ3v) is 4.94. The largest absolute Gasteiger partial charge is 0.353 e. The first-order chi connectivity index (χ1) is 9.99. The number of nitrogens with one attached hydrogen (secondary N) is 1. The van der Waals surface area contributed by atoms with Gasteiger partial charge in [0.25, 0.3) is 0 Å². The van der Waals surface area contributed by atoms with Crippen molar-refractivity contribution in [2.75, 3.05) is 5.75 Å². The lowest BCUT2D eigenvalue weighted by Crippen LogP contribution is -2.37. The van der Waals surface area contributed by atoms with Crippen LogP contribution in [0.4, 0.5) is 0 Å². The molecule has 0 aromatic heterocycles. The zero-order valence-corrected chi connectivity index (χ0v) is 14.1. The Morgan fingerprint density at radius 1 is 1.19 bits per heavy atom. The number of carbonyl (C=O) groups excluding carboxylic acids is 1. The van der Waals surface area contributed by atoms with E-state index in [4.69, 9.17) is 11.6 Å². The van der Waals surface area contributed by atoms with Crippen molar-refractivity contribution < 1.29 is 4.79 Å². The van der Waals surface area contributed by atoms with Gasteiger partial charge in [0, 0.05) is 21.3 Å². The molecule has 0 aliphatic heterocycles. The highest BCUT2D eigenvalue weighted by molar-refractivity contribution is 8.00. The standard InChI is InChI=1S/C17H20ClNOS/c1-11(2)12(3)19-16(20)10-21-15-9-5-7-13-6-4-8-14(18)17(13)15/h4-9,11-12H,10H2,1-3H3,(H,19,20). The van der Waals surface area contributed by atoms with Crippen LogP contribution in [0.15, 0.2) is 41.3 Å². The van der Waals surface area contributed by atoms with Crippen LogP contribution < -0.4 is 5.32 Å². The lowest BCUT2D eigenvalue weighted by molar-refractivity contribution is -0.119. The second-order valence-electron chi connectivity index (χ2n) is 5.48. The van der Waals surface area contributed by atoms with Crippen LogP contribution >= 0.6 is 23.4 Å². The minimum absolute atomic E-state index is 0.0604. The van der Waals surface area contributed by atoms with Gasteiger partial charge in [-0.1, -0.05) is 49.7 Å². The molecule has 0 fully saturated rings. The molecule has 21 heavy (non-hydrogen) atoms. The Labute approximate surface area is 135 Å². The zero-order chi connectivity index (χ0) is 15.4. The molecule has 2 aromatic rings. The molecular formula is C17H20ClNOS. The Kier molecular flexibility index (Phi) is 5.54. The van der Waals surface area contributed by atoms with Gasteiger partial charge in [-0.05, 0) is 30.4 Å². The van der Waals surface area contributed by atoms with E-state index < -0.39 is 0 Å². The zero-order valence-electron chi connectivity index (χ0n) is 12.5. The lowest BCUT2D eigenvalue weighted by atomic mass is 10.1. The molecular weight excluding hydrogens is 302 g/mol. The predicted molar refractivity (Wildman–Crippen MR) is 92.1 cm³/mol. The Morgan fingerprint density at radius 3 is 2.52 bits per heavy atom. The number of thioether (sulfide) groups is 1. The highest BCUT2D eigenvalue weighted by atomic mass is 35.5. The second-order valence-corrected chi connectivity index (χ2v) is 6.91. The molecule has 0 heterocycles. The van der Waals surface area contributed by atoms with Gasteiger partial charge in [0.1, 0.15) is 0 Å². The number of benzene rings is 2. The maximum Gasteiger partial charge on any atom is 0.230 e. The smallest absolute Gasteiger partial charge is 0.230 e. The average Bonchev–Trinajstić information content (AvgIpc) is 2.45. The summed E-state index contributed by atoms with van der Waals surface area (Å²) in [5.41, 5.74) is 0. The van der Waals surface area contributed by atoms with E-state index in [1.165, 1.54) is 11.8 Å². The van der Waals surface area contributed by atoms with E-state index in [0.29, 0.717) is 11.7 Å². The molecule has 0 radical (unpaired) electrons. The summed E-state index contributed by atoms with van der Waals surface area (Å²) < 4.78 is 0. The molecule has 1 N–H and O–H groups in total. The van der Waals surface area contributed by atoms with E-state index in [0.717, 1.165) is 20.7 Å². The van der Waals surface area contributed by atoms with Gasteiger partial charge in [-0.3, -0.25) is 4.79 Å². The molecule has 0 saturated carbocycles. The van der Waals surface area contributed by atoms with Crippen molar-refractivity contribution in [1.29, 1.82) is 0 Å². The summed E-state index contributed by atoms with van der Waals surface area (Å²) >= 11 is 7.82. The van der Waals surface area contributed by atoms with Crippen LogP contribution in [0.25, 0.3) is 10.8 Å². The van der Waals surface area contributed by atoms with Crippen molar-refractivity contribution in [3.8, 4) is 0 Å². The molecule has 4 heteroatoms. The summed E-state index contributed by atoms with van der Waals surface area (Å²) in [6.45, 7) is 6.23. The normalized spacial score (nSPS) is 12.6. The molecule has 1 amide bonds. The highest BCUT2D eigenvalue weighted by Gasteiger charge is 2.12. The molecule has 0 aliphatic carbocycles. The molecule has 0 aliphatic rings. The van der Waals surface area contributed by atoms with Crippen molar-refractivity contribution in [2.24, 2.45) is 5.92 Å². The fraction of sp³-hybridized carbons (Fsp3) is 0.353. The van der Waals surface area contributed by atoms with Crippen LogP contribution in [0.5, 0.6) is 0 Å². The second kappa shape index (κ2) is 7.19. The molecule has 2 nitrogen and oxygen atoms in total. The molecule has 0 bridgehead atoms. The van der Waals surface area contributed by atoms with Gasteiger partial charge < -0.3 is 5.32 Å². The number of rotatable bonds is 5. The highest BCUT2D eigenvalue weighted by Crippen LogP contribution is 2.33. The summed E-state index contributed by atoms with van der Waals surface area (Å²) in [5.74, 6) is 0.901. The van der Waals surface area contributed by atoms with Gasteiger partial charge in [-0.2, -0.15) is 0 Å². The fourth-order valence-electron chi connectivity index (χ4n) is 1.99. The SMILES string of the molecule is CC(C)C(C)NC(=O)CSc1cccc2cccc(Cl)c12. The Balaban J connectivity index is 2.09. The topological polar surface area (TPSA) is 29.1 Å². The molecule has 1 atom stereocenters. The van der Waals surface area contributed by atoms with Crippen molar-refractivity contribution in [1.82, 2.24) is 5.32 Å². The summed E-state index contributed by atoms with van der Waals surface area (Å²) in [6, 6.07) is 12.1. The van der Waals surface area contributed by atoms with Crippen LogP contribution in [0.2, 0.25) is 5.02 Å². The molecule has 0 spiro atoms. The van der Waals surface area contributed by atoms with E-state index in [1.54, 1.807) is 0 Å². The lowest BCUT2D eigenvalue weighted by Gasteiger charge is -2.17. The number of fused-ring (bicyclic) bond motifs is 1. The summed E-state index contributed by atoms with van der Waals surface area (Å²) in [7, 11) is 0. The molecule has 2 rings (SSSR count). The van der Waals surface area contributed by atoms with Crippen LogP contribution in [-0.4, -0.2) is 17.7 Å². The van der Waals surface area contributed by atoms with Crippen molar-refractivity contribution in [3.63, 3.8) is 0 Å². The van der Waals surface area contributed by atoms with Crippen LogP contribution in [0.1, 0.15) is 20.8 Å². The summed E-state index contributed by atoms with van der Waals surface area (Å²) in [4.78, 5) is 13.0. The van der Waals surface area contributed by atoms with E-state index in [9.17, 15) is 4.79 Å². The first-order valence-corrected chi connectivity index (χ1v) is 8.45. The van der Waals surface area contributed by atoms with E-state index in [2.05, 4.69) is 19.2 Å². The summed E-state index contributed by atoms with van der Waals surface area (Å²) in [6.07, 6.45) is 0. The fourth-order valence-corrected chi connectivity index (χ4v) is 3.24. The number of halogens is 1. The van der Waals surface area contributed by atoms with Gasteiger partial charge in [-0.25, -0.2) is 0 Å². The first kappa shape index (κ1) is 16.2. The van der Waals surface area contributed by atoms with Crippen LogP contribution in [0, 0.1) is 5.92 Å². The minimum Gasteiger partial charge on any atom is -0.353 e. The third-order valence-electron chi connectivity index (χ3n) is 3.56. The van der Waals surface area contributed by atoms with Gasteiger partial charge >= 0.3 is 0 Å². The maximum atomic E-state index is 12.0. The van der Waals surface area contributed by atoms with Crippen molar-refractivity contribution >= 4 is 40.0 Å². The first-order valence-electron chi connectivity index (χ1n) is 7.08. The van der Waals surface area contributed by atoms with Gasteiger partial charge in [-0.15, -0.1) is 11.8 Å². The van der Waals surface area contributed by atoms with Gasteiger partial charge in [0.05, 0.1) is 5.75 Å². The molecule has 1 unspecified atom stereocenters. The van der Waals surface area contributed by atoms with Crippen molar-refractivity contribution in [2.45, 2.75) is 31.7 Å². The van der Waals surface area contributed by atoms with Crippen LogP contribution in [0.3, 0.4) is 0 Å². The maximum absolute atomic E-state index is 12.0. The molecule has 2 aromatic carbocycles. The van der Waals surface area contributed by atoms with Gasteiger partial charge in [0.2, 0.25) is 5.91 Å². The quantitative estimate of drug-likeness (QED) is 0.805. The van der Waals surface area contributed by atoms with Crippen molar-refractivity contribution in [3.05, 3.63) is 41.4 Å². The Bertz CT molecular complexity index is 636. The minimum atomic E-state index is 0.0604. The number of carbonyl (C=O) groups is 1. The molecule has 0 saturated heterocycles. The predicted octanol–water partition coefficient (Wildman–Crippen LogP) is 4.75. The number of amides is 1. The monoisotopic (exact) mass is 321 g/mol. The Morgan fingerprint density at radius 2 is 1.86 bits per heavy atom. The average molecular weight is 322 g/mol. The van der Waals surface area contributed by atoms with E-state index in [1.807, 2.05) is 43.3 Å². The molecule has 112 valence electrons. The van der Waals surface area contributed by atoms with Gasteiger partial charge in [0.15, 0.2) is 0 Å². The van der Waals surface area contributed by atoms with Crippen LogP contribution in [-0.2, 0) is 4.79 Å². The van der Waals surface area contributed by atoms with E-state index in [-0.39, 0.29) is 11.9 Å². The third kappa shape index (κ3) is 4.14. The summed E-state index contributed by atoms with van der Waals surface area (Å²) in [5, 5.41) is 5.87. The number of hydrogen-bond donors (Lipinski definition) is 1. The van der Waals surface area contributed by atoms with E-state index >= 15 is 0 Å². The Hall–Kier alpha value is -1.19. The number of hydrogen-bond acceptors (Lipinski definition) is 2.